The Morgan fingerprint density at radius 1 is 0.774 bits per heavy atom. The number of hydrogen-bond acceptors (Lipinski definition) is 0. The number of nitrogens with zero attached hydrogens (tertiary/aromatic N) is 2. The molecule has 154 valence electrons. The first-order valence-electron chi connectivity index (χ1n) is 11.3. The summed E-state index contributed by atoms with van der Waals surface area (Å²) in [5.74, 6) is 0.486. The summed E-state index contributed by atoms with van der Waals surface area (Å²) in [7, 11) is 2.19. The Kier molecular flexibility index (Phi) is 3.59. The third-order valence-electron chi connectivity index (χ3n) is 7.64. The van der Waals surface area contributed by atoms with Crippen LogP contribution < -0.4 is 4.57 Å². The minimum atomic E-state index is 0.486. The van der Waals surface area contributed by atoms with Crippen LogP contribution in [0.5, 0.6) is 0 Å². The van der Waals surface area contributed by atoms with Gasteiger partial charge in [-0.05, 0) is 78.9 Å². The molecule has 0 N–H and O–H groups in total. The van der Waals surface area contributed by atoms with Crippen LogP contribution >= 0.6 is 0 Å². The van der Waals surface area contributed by atoms with Gasteiger partial charge in [-0.2, -0.15) is 0 Å². The van der Waals surface area contributed by atoms with Gasteiger partial charge in [0, 0.05) is 16.8 Å². The van der Waals surface area contributed by atoms with Crippen molar-refractivity contribution in [3.8, 4) is 0 Å². The van der Waals surface area contributed by atoms with Gasteiger partial charge in [-0.25, -0.2) is 4.57 Å². The summed E-state index contributed by atoms with van der Waals surface area (Å²) in [4.78, 5) is 0. The quantitative estimate of drug-likeness (QED) is 0.156. The highest BCUT2D eigenvalue weighted by Gasteiger charge is 2.26. The molecule has 0 saturated heterocycles. The van der Waals surface area contributed by atoms with E-state index in [0.717, 1.165) is 0 Å². The maximum atomic E-state index is 2.58. The molecule has 3 aromatic carbocycles. The van der Waals surface area contributed by atoms with Crippen LogP contribution in [0.3, 0.4) is 0 Å². The van der Waals surface area contributed by atoms with Crippen molar-refractivity contribution in [1.82, 2.24) is 4.40 Å². The maximum Gasteiger partial charge on any atom is 0.224 e. The number of fused-ring (bicyclic) bond motifs is 5. The lowest BCUT2D eigenvalue weighted by Gasteiger charge is -2.16. The van der Waals surface area contributed by atoms with Crippen LogP contribution in [-0.2, 0) is 7.05 Å². The third kappa shape index (κ3) is 2.20. The summed E-state index contributed by atoms with van der Waals surface area (Å²) in [6, 6.07) is 14.1. The fourth-order valence-corrected chi connectivity index (χ4v) is 5.60. The van der Waals surface area contributed by atoms with E-state index in [-0.39, 0.29) is 0 Å². The van der Waals surface area contributed by atoms with E-state index in [2.05, 4.69) is 100 Å². The molecule has 0 amide bonds. The Labute approximate surface area is 183 Å². The minimum Gasteiger partial charge on any atom is -0.307 e. The normalized spacial score (nSPS) is 12.6. The molecule has 3 aromatic heterocycles. The lowest BCUT2D eigenvalue weighted by atomic mass is 9.94. The zero-order valence-corrected chi connectivity index (χ0v) is 19.5. The number of pyridine rings is 2. The molecule has 6 rings (SSSR count). The predicted octanol–water partition coefficient (Wildman–Crippen LogP) is 7.17. The third-order valence-corrected chi connectivity index (χ3v) is 7.64. The standard InChI is InChI=1S/C29H29N2/c1-15(2)21-13-20-10-11-30(7)29-25-18(5)17(4)12-23-22-9-8-16(3)19(6)27(22)31(28(23)25)24(14-21)26(20)29/h8-15H,1-7H3/q+1. The highest BCUT2D eigenvalue weighted by Crippen LogP contribution is 2.43. The molecular weight excluding hydrogens is 376 g/mol. The van der Waals surface area contributed by atoms with Crippen LogP contribution in [0.1, 0.15) is 47.6 Å². The number of benzene rings is 3. The van der Waals surface area contributed by atoms with E-state index < -0.39 is 0 Å². The number of rotatable bonds is 1. The van der Waals surface area contributed by atoms with Gasteiger partial charge in [0.25, 0.3) is 0 Å². The Morgan fingerprint density at radius 3 is 2.29 bits per heavy atom. The minimum absolute atomic E-state index is 0.486. The van der Waals surface area contributed by atoms with Gasteiger partial charge in [0.2, 0.25) is 5.52 Å². The topological polar surface area (TPSA) is 8.29 Å². The van der Waals surface area contributed by atoms with Crippen LogP contribution in [0.2, 0.25) is 0 Å². The van der Waals surface area contributed by atoms with Crippen LogP contribution in [0.4, 0.5) is 0 Å². The van der Waals surface area contributed by atoms with Crippen molar-refractivity contribution in [3.05, 3.63) is 70.4 Å². The van der Waals surface area contributed by atoms with Crippen LogP contribution in [0.15, 0.2) is 42.6 Å². The summed E-state index contributed by atoms with van der Waals surface area (Å²) in [6.45, 7) is 13.6. The van der Waals surface area contributed by atoms with E-state index in [1.165, 1.54) is 76.8 Å². The van der Waals surface area contributed by atoms with Crippen molar-refractivity contribution in [2.24, 2.45) is 7.05 Å². The SMILES string of the molecule is Cc1cc2c3ccc(C)c(C)c3n3c4cc(C(C)C)cc5cc[n+](C)c(c(c1C)c23)c54. The first kappa shape index (κ1) is 18.6. The summed E-state index contributed by atoms with van der Waals surface area (Å²) < 4.78 is 4.90. The Bertz CT molecular complexity index is 1700. The van der Waals surface area contributed by atoms with Gasteiger partial charge < -0.3 is 4.40 Å². The van der Waals surface area contributed by atoms with Crippen molar-refractivity contribution in [2.75, 3.05) is 0 Å². The molecular formula is C29H29N2+. The summed E-state index contributed by atoms with van der Waals surface area (Å²) in [6.07, 6.45) is 2.23. The van der Waals surface area contributed by atoms with Crippen molar-refractivity contribution >= 4 is 49.0 Å². The van der Waals surface area contributed by atoms with Crippen LogP contribution in [0, 0.1) is 27.7 Å². The molecule has 0 unspecified atom stereocenters. The van der Waals surface area contributed by atoms with E-state index in [9.17, 15) is 0 Å². The lowest BCUT2D eigenvalue weighted by molar-refractivity contribution is -0.643. The van der Waals surface area contributed by atoms with E-state index in [0.29, 0.717) is 5.92 Å². The van der Waals surface area contributed by atoms with Gasteiger partial charge in [-0.15, -0.1) is 0 Å². The monoisotopic (exact) mass is 405 g/mol. The van der Waals surface area contributed by atoms with E-state index >= 15 is 0 Å². The fraction of sp³-hybridized carbons (Fsp3) is 0.276. The molecule has 31 heavy (non-hydrogen) atoms. The zero-order chi connectivity index (χ0) is 21.8. The molecule has 0 radical (unpaired) electrons. The van der Waals surface area contributed by atoms with E-state index in [1.807, 2.05) is 0 Å². The Balaban J connectivity index is 2.12. The highest BCUT2D eigenvalue weighted by atomic mass is 15.0. The molecule has 0 atom stereocenters. The number of aryl methyl sites for hydroxylation is 5. The second kappa shape index (κ2) is 5.97. The lowest BCUT2D eigenvalue weighted by Crippen LogP contribution is -2.29. The summed E-state index contributed by atoms with van der Waals surface area (Å²) in [5, 5.41) is 6.83. The molecule has 0 saturated carbocycles. The molecule has 0 bridgehead atoms. The molecule has 0 aliphatic carbocycles. The smallest absolute Gasteiger partial charge is 0.224 e. The molecule has 3 heterocycles. The molecule has 0 spiro atoms. The fourth-order valence-electron chi connectivity index (χ4n) is 5.60. The maximum absolute atomic E-state index is 2.58. The second-order valence-corrected chi connectivity index (χ2v) is 9.76. The predicted molar refractivity (Wildman–Crippen MR) is 133 cm³/mol. The van der Waals surface area contributed by atoms with Crippen molar-refractivity contribution < 1.29 is 4.57 Å². The molecule has 0 aliphatic heterocycles. The number of hydrogen-bond donors (Lipinski definition) is 0. The molecule has 2 heteroatoms. The summed E-state index contributed by atoms with van der Waals surface area (Å²) in [5.41, 5.74) is 12.3. The van der Waals surface area contributed by atoms with Crippen LogP contribution in [0.25, 0.3) is 49.0 Å². The van der Waals surface area contributed by atoms with Gasteiger partial charge >= 0.3 is 0 Å². The van der Waals surface area contributed by atoms with Gasteiger partial charge in [0.05, 0.1) is 27.3 Å². The summed E-state index contributed by atoms with van der Waals surface area (Å²) >= 11 is 0. The average molecular weight is 406 g/mol. The zero-order valence-electron chi connectivity index (χ0n) is 19.5. The van der Waals surface area contributed by atoms with Gasteiger partial charge in [0.15, 0.2) is 6.20 Å². The van der Waals surface area contributed by atoms with Crippen molar-refractivity contribution in [2.45, 2.75) is 47.5 Å². The van der Waals surface area contributed by atoms with Crippen molar-refractivity contribution in [3.63, 3.8) is 0 Å². The van der Waals surface area contributed by atoms with Crippen LogP contribution in [-0.4, -0.2) is 4.40 Å². The molecule has 0 aliphatic rings. The molecule has 6 aromatic rings. The van der Waals surface area contributed by atoms with Gasteiger partial charge in [0.1, 0.15) is 7.05 Å². The molecule has 2 nitrogen and oxygen atoms in total. The highest BCUT2D eigenvalue weighted by molar-refractivity contribution is 6.26. The van der Waals surface area contributed by atoms with Crippen molar-refractivity contribution in [1.29, 1.82) is 0 Å². The second-order valence-electron chi connectivity index (χ2n) is 9.76. The van der Waals surface area contributed by atoms with E-state index in [1.54, 1.807) is 0 Å². The van der Waals surface area contributed by atoms with E-state index in [4.69, 9.17) is 0 Å². The Morgan fingerprint density at radius 2 is 1.55 bits per heavy atom. The number of aromatic nitrogens is 2. The first-order chi connectivity index (χ1) is 14.8. The van der Waals surface area contributed by atoms with Gasteiger partial charge in [-0.3, -0.25) is 0 Å². The average Bonchev–Trinajstić information content (AvgIpc) is 3.06. The Hall–Kier alpha value is -3.13. The first-order valence-corrected chi connectivity index (χ1v) is 11.3. The molecule has 0 fully saturated rings. The largest absolute Gasteiger partial charge is 0.307 e. The van der Waals surface area contributed by atoms with Gasteiger partial charge in [-0.1, -0.05) is 32.0 Å².